The molecule has 2 aliphatic rings. The minimum atomic E-state index is -2.68. The van der Waals surface area contributed by atoms with Gasteiger partial charge in [0.2, 0.25) is 0 Å². The molecule has 34 heavy (non-hydrogen) atoms. The molecule has 5 atom stereocenters. The van der Waals surface area contributed by atoms with Gasteiger partial charge in [0.15, 0.2) is 5.79 Å². The molecule has 0 bridgehead atoms. The Kier molecular flexibility index (Phi) is 7.65. The second-order valence-electron chi connectivity index (χ2n) is 10.5. The summed E-state index contributed by atoms with van der Waals surface area (Å²) in [6.45, 7) is 11.2. The maximum Gasteiger partial charge on any atom is 0.261 e. The van der Waals surface area contributed by atoms with Gasteiger partial charge in [0, 0.05) is 7.11 Å². The lowest BCUT2D eigenvalue weighted by Crippen LogP contribution is -2.67. The summed E-state index contributed by atoms with van der Waals surface area (Å²) in [7, 11) is -0.960. The van der Waals surface area contributed by atoms with Crippen molar-refractivity contribution in [1.29, 1.82) is 0 Å². The number of methoxy groups -OCH3 is 1. The fraction of sp³-hybridized carbons (Fsp3) is 0.556. The van der Waals surface area contributed by atoms with Gasteiger partial charge in [-0.1, -0.05) is 81.4 Å². The highest BCUT2D eigenvalue weighted by Gasteiger charge is 2.58. The minimum Gasteiger partial charge on any atom is -0.405 e. The van der Waals surface area contributed by atoms with E-state index in [0.717, 1.165) is 0 Å². The fourth-order valence-corrected chi connectivity index (χ4v) is 10.7. The first-order chi connectivity index (χ1) is 16.1. The highest BCUT2D eigenvalue weighted by atomic mass is 32.2. The number of rotatable bonds is 8. The molecule has 0 amide bonds. The summed E-state index contributed by atoms with van der Waals surface area (Å²) < 4.78 is 32.0. The molecule has 0 saturated carbocycles. The molecular weight excluding hydrogens is 464 g/mol. The van der Waals surface area contributed by atoms with Crippen LogP contribution >= 0.6 is 11.8 Å². The van der Waals surface area contributed by atoms with Crippen molar-refractivity contribution in [2.24, 2.45) is 0 Å². The third-order valence-electron chi connectivity index (χ3n) is 6.80. The molecule has 0 aromatic heterocycles. The van der Waals surface area contributed by atoms with Gasteiger partial charge in [-0.2, -0.15) is 0 Å². The molecule has 0 aliphatic carbocycles. The van der Waals surface area contributed by atoms with Gasteiger partial charge < -0.3 is 23.4 Å². The zero-order valence-electron chi connectivity index (χ0n) is 21.3. The van der Waals surface area contributed by atoms with E-state index in [-0.39, 0.29) is 34.9 Å². The van der Waals surface area contributed by atoms with Gasteiger partial charge in [0.1, 0.15) is 29.9 Å². The molecule has 5 nitrogen and oxygen atoms in total. The van der Waals surface area contributed by atoms with E-state index < -0.39 is 14.1 Å². The van der Waals surface area contributed by atoms with E-state index in [1.54, 1.807) is 18.9 Å². The Morgan fingerprint density at radius 3 is 1.94 bits per heavy atom. The lowest BCUT2D eigenvalue weighted by Gasteiger charge is -2.43. The van der Waals surface area contributed by atoms with Crippen LogP contribution in [0.3, 0.4) is 0 Å². The van der Waals surface area contributed by atoms with Crippen molar-refractivity contribution < 1.29 is 23.4 Å². The Bertz CT molecular complexity index is 890. The van der Waals surface area contributed by atoms with Crippen LogP contribution in [0.25, 0.3) is 0 Å². The first kappa shape index (κ1) is 25.9. The number of fused-ring (bicyclic) bond motifs is 1. The maximum atomic E-state index is 7.15. The Balaban J connectivity index is 1.69. The van der Waals surface area contributed by atoms with Crippen molar-refractivity contribution in [2.75, 3.05) is 20.0 Å². The Morgan fingerprint density at radius 2 is 1.47 bits per heavy atom. The standard InChI is InChI=1S/C27H38O5SSi/c1-26(2,3)34(19-14-10-8-11-15-19,20-16-12-9-13-17-20)29-18-21-22-23(32-27(4,5)31-22)24(30-21)25(28-6)33-7/h8-17,21-25H,18H2,1-7H3/t21-,22-,23-,24?,25?/m1/s1. The van der Waals surface area contributed by atoms with Crippen molar-refractivity contribution in [3.63, 3.8) is 0 Å². The van der Waals surface area contributed by atoms with E-state index in [1.807, 2.05) is 20.1 Å². The SMILES string of the molecule is COC(SC)C1O[C@H](CO[Si](c2ccccc2)(c2ccccc2)C(C)(C)C)[C@H]2OC(C)(C)O[C@@H]12. The summed E-state index contributed by atoms with van der Waals surface area (Å²) in [5, 5.41) is 2.40. The van der Waals surface area contributed by atoms with Crippen LogP contribution in [0.15, 0.2) is 60.7 Å². The topological polar surface area (TPSA) is 46.2 Å². The van der Waals surface area contributed by atoms with E-state index in [4.69, 9.17) is 23.4 Å². The van der Waals surface area contributed by atoms with Crippen LogP contribution in [0.1, 0.15) is 34.6 Å². The summed E-state index contributed by atoms with van der Waals surface area (Å²) in [4.78, 5) is 0. The first-order valence-corrected chi connectivity index (χ1v) is 15.1. The molecule has 4 rings (SSSR count). The summed E-state index contributed by atoms with van der Waals surface area (Å²) >= 11 is 1.63. The predicted octanol–water partition coefficient (Wildman–Crippen LogP) is 4.19. The molecule has 2 aromatic carbocycles. The highest BCUT2D eigenvalue weighted by molar-refractivity contribution is 7.99. The highest BCUT2D eigenvalue weighted by Crippen LogP contribution is 2.43. The molecule has 2 aromatic rings. The number of ether oxygens (including phenoxy) is 4. The quantitative estimate of drug-likeness (QED) is 0.399. The van der Waals surface area contributed by atoms with Crippen molar-refractivity contribution >= 4 is 30.5 Å². The van der Waals surface area contributed by atoms with Gasteiger partial charge >= 0.3 is 0 Å². The van der Waals surface area contributed by atoms with Crippen molar-refractivity contribution in [3.8, 4) is 0 Å². The Morgan fingerprint density at radius 1 is 0.941 bits per heavy atom. The zero-order chi connectivity index (χ0) is 24.6. The van der Waals surface area contributed by atoms with Crippen molar-refractivity contribution in [2.45, 2.75) is 75.3 Å². The largest absolute Gasteiger partial charge is 0.405 e. The third kappa shape index (κ3) is 4.76. The van der Waals surface area contributed by atoms with E-state index in [0.29, 0.717) is 6.61 Å². The maximum absolute atomic E-state index is 7.15. The second kappa shape index (κ2) is 10.0. The van der Waals surface area contributed by atoms with E-state index in [9.17, 15) is 0 Å². The molecule has 186 valence electrons. The summed E-state index contributed by atoms with van der Waals surface area (Å²) in [6.07, 6.45) is 1.16. The van der Waals surface area contributed by atoms with Crippen molar-refractivity contribution in [1.82, 2.24) is 0 Å². The Hall–Kier alpha value is -1.19. The van der Waals surface area contributed by atoms with Crippen LogP contribution in [0.2, 0.25) is 5.04 Å². The van der Waals surface area contributed by atoms with E-state index >= 15 is 0 Å². The summed E-state index contributed by atoms with van der Waals surface area (Å²) in [6, 6.07) is 21.4. The number of hydrogen-bond donors (Lipinski definition) is 0. The van der Waals surface area contributed by atoms with Crippen LogP contribution in [0, 0.1) is 0 Å². The average molecular weight is 503 g/mol. The predicted molar refractivity (Wildman–Crippen MR) is 140 cm³/mol. The van der Waals surface area contributed by atoms with Gasteiger partial charge in [-0.25, -0.2) is 0 Å². The van der Waals surface area contributed by atoms with Gasteiger partial charge in [-0.3, -0.25) is 0 Å². The lowest BCUT2D eigenvalue weighted by molar-refractivity contribution is -0.195. The van der Waals surface area contributed by atoms with E-state index in [1.165, 1.54) is 10.4 Å². The monoisotopic (exact) mass is 502 g/mol. The first-order valence-electron chi connectivity index (χ1n) is 11.9. The minimum absolute atomic E-state index is 0.103. The molecule has 2 saturated heterocycles. The molecule has 2 aliphatic heterocycles. The average Bonchev–Trinajstić information content (AvgIpc) is 3.29. The van der Waals surface area contributed by atoms with Crippen LogP contribution in [-0.2, 0) is 23.4 Å². The Labute approximate surface area is 209 Å². The van der Waals surface area contributed by atoms with Gasteiger partial charge in [0.25, 0.3) is 8.32 Å². The van der Waals surface area contributed by atoms with Gasteiger partial charge in [-0.05, 0) is 35.5 Å². The fourth-order valence-electron chi connectivity index (χ4n) is 5.40. The lowest BCUT2D eigenvalue weighted by atomic mass is 10.1. The van der Waals surface area contributed by atoms with Gasteiger partial charge in [0.05, 0.1) is 6.61 Å². The van der Waals surface area contributed by atoms with Crippen LogP contribution < -0.4 is 10.4 Å². The molecule has 0 spiro atoms. The molecule has 2 unspecified atom stereocenters. The molecule has 2 heterocycles. The number of benzene rings is 2. The van der Waals surface area contributed by atoms with Crippen molar-refractivity contribution in [3.05, 3.63) is 60.7 Å². The summed E-state index contributed by atoms with van der Waals surface area (Å²) in [5.41, 5.74) is -0.136. The zero-order valence-corrected chi connectivity index (χ0v) is 23.1. The smallest absolute Gasteiger partial charge is 0.261 e. The molecule has 0 radical (unpaired) electrons. The van der Waals surface area contributed by atoms with Crippen LogP contribution in [-0.4, -0.2) is 63.9 Å². The molecular formula is C27H38O5SSi. The summed E-state index contributed by atoms with van der Waals surface area (Å²) in [5.74, 6) is -0.663. The van der Waals surface area contributed by atoms with Gasteiger partial charge in [-0.15, -0.1) is 11.8 Å². The molecule has 7 heteroatoms. The van der Waals surface area contributed by atoms with E-state index in [2.05, 4.69) is 81.4 Å². The van der Waals surface area contributed by atoms with Crippen LogP contribution in [0.5, 0.6) is 0 Å². The molecule has 2 fully saturated rings. The second-order valence-corrected chi connectivity index (χ2v) is 15.8. The normalized spacial score (nSPS) is 27.5. The molecule has 0 N–H and O–H groups in total. The third-order valence-corrected chi connectivity index (χ3v) is 12.7. The van der Waals surface area contributed by atoms with Crippen LogP contribution in [0.4, 0.5) is 0 Å². The number of hydrogen-bond acceptors (Lipinski definition) is 6. The number of thioether (sulfide) groups is 1.